The van der Waals surface area contributed by atoms with Gasteiger partial charge in [0.2, 0.25) is 0 Å². The summed E-state index contributed by atoms with van der Waals surface area (Å²) < 4.78 is 1.77. The second-order valence-electron chi connectivity index (χ2n) is 3.43. The summed E-state index contributed by atoms with van der Waals surface area (Å²) >= 11 is 0. The number of hydrogen-bond acceptors (Lipinski definition) is 4. The number of pyridine rings is 2. The fourth-order valence-electron chi connectivity index (χ4n) is 1.65. The second kappa shape index (κ2) is 3.30. The Hall–Kier alpha value is -2.43. The summed E-state index contributed by atoms with van der Waals surface area (Å²) in [6, 6.07) is 3.80. The van der Waals surface area contributed by atoms with E-state index in [1.165, 1.54) is 0 Å². The molecule has 0 aromatic carbocycles. The summed E-state index contributed by atoms with van der Waals surface area (Å²) in [6.45, 7) is 0. The van der Waals surface area contributed by atoms with E-state index in [2.05, 4.69) is 15.1 Å². The molecule has 0 saturated carbocycles. The van der Waals surface area contributed by atoms with Crippen LogP contribution in [0.1, 0.15) is 0 Å². The minimum atomic E-state index is 0.632. The lowest BCUT2D eigenvalue weighted by molar-refractivity contribution is 0.901. The molecule has 0 aliphatic heterocycles. The van der Waals surface area contributed by atoms with Crippen LogP contribution in [-0.4, -0.2) is 19.7 Å². The summed E-state index contributed by atoms with van der Waals surface area (Å²) in [5.74, 6) is 0. The minimum Gasteiger partial charge on any atom is -0.397 e. The molecule has 0 bridgehead atoms. The first kappa shape index (κ1) is 8.84. The quantitative estimate of drug-likeness (QED) is 0.660. The summed E-state index contributed by atoms with van der Waals surface area (Å²) in [7, 11) is 0. The van der Waals surface area contributed by atoms with Gasteiger partial charge >= 0.3 is 0 Å². The normalized spacial score (nSPS) is 10.8. The minimum absolute atomic E-state index is 0.632. The van der Waals surface area contributed by atoms with Crippen LogP contribution in [0.2, 0.25) is 0 Å². The van der Waals surface area contributed by atoms with Crippen molar-refractivity contribution < 1.29 is 0 Å². The molecule has 0 atom stereocenters. The number of fused-ring (bicyclic) bond motifs is 1. The van der Waals surface area contributed by atoms with E-state index in [0.717, 1.165) is 16.6 Å². The first-order valence-corrected chi connectivity index (χ1v) is 4.84. The van der Waals surface area contributed by atoms with E-state index < -0.39 is 0 Å². The standard InChI is InChI=1S/C11H9N5/c12-10-6-14-7-11-9(10)5-15-16(11)8-2-1-3-13-4-8/h1-7H,12H2. The van der Waals surface area contributed by atoms with Gasteiger partial charge in [0.05, 0.1) is 41.7 Å². The lowest BCUT2D eigenvalue weighted by atomic mass is 10.3. The highest BCUT2D eigenvalue weighted by atomic mass is 15.3. The van der Waals surface area contributed by atoms with Crippen molar-refractivity contribution in [2.45, 2.75) is 0 Å². The van der Waals surface area contributed by atoms with Crippen LogP contribution in [0.15, 0.2) is 43.1 Å². The molecule has 0 radical (unpaired) electrons. The molecule has 5 nitrogen and oxygen atoms in total. The van der Waals surface area contributed by atoms with E-state index in [4.69, 9.17) is 5.73 Å². The largest absolute Gasteiger partial charge is 0.397 e. The van der Waals surface area contributed by atoms with Crippen LogP contribution in [0.25, 0.3) is 16.6 Å². The Kier molecular flexibility index (Phi) is 1.83. The first-order chi connectivity index (χ1) is 7.86. The number of nitrogens with two attached hydrogens (primary N) is 1. The number of aromatic nitrogens is 4. The second-order valence-corrected chi connectivity index (χ2v) is 3.43. The van der Waals surface area contributed by atoms with Gasteiger partial charge in [0, 0.05) is 11.6 Å². The van der Waals surface area contributed by atoms with Crippen LogP contribution in [-0.2, 0) is 0 Å². The molecule has 2 N–H and O–H groups in total. The van der Waals surface area contributed by atoms with E-state index in [-0.39, 0.29) is 0 Å². The van der Waals surface area contributed by atoms with E-state index in [1.54, 1.807) is 35.7 Å². The van der Waals surface area contributed by atoms with Crippen molar-refractivity contribution in [3.05, 3.63) is 43.1 Å². The van der Waals surface area contributed by atoms with Crippen LogP contribution in [0, 0.1) is 0 Å². The maximum atomic E-state index is 5.82. The Morgan fingerprint density at radius 2 is 2.00 bits per heavy atom. The molecule has 0 unspecified atom stereocenters. The SMILES string of the molecule is Nc1cncc2c1cnn2-c1cccnc1. The highest BCUT2D eigenvalue weighted by Crippen LogP contribution is 2.21. The van der Waals surface area contributed by atoms with Crippen molar-refractivity contribution in [2.24, 2.45) is 0 Å². The summed E-state index contributed by atoms with van der Waals surface area (Å²) in [6.07, 6.45) is 8.57. The van der Waals surface area contributed by atoms with Gasteiger partial charge in [-0.25, -0.2) is 4.68 Å². The topological polar surface area (TPSA) is 69.6 Å². The van der Waals surface area contributed by atoms with Crippen LogP contribution >= 0.6 is 0 Å². The lowest BCUT2D eigenvalue weighted by Gasteiger charge is -2.02. The average Bonchev–Trinajstić information content (AvgIpc) is 2.75. The third-order valence-electron chi connectivity index (χ3n) is 2.42. The summed E-state index contributed by atoms with van der Waals surface area (Å²) in [5, 5.41) is 5.18. The molecule has 3 heterocycles. The van der Waals surface area contributed by atoms with E-state index in [9.17, 15) is 0 Å². The Labute approximate surface area is 91.6 Å². The monoisotopic (exact) mass is 211 g/mol. The molecule has 0 aliphatic carbocycles. The van der Waals surface area contributed by atoms with Crippen molar-refractivity contribution in [3.8, 4) is 5.69 Å². The summed E-state index contributed by atoms with van der Waals surface area (Å²) in [5.41, 5.74) is 8.22. The van der Waals surface area contributed by atoms with Gasteiger partial charge in [0.25, 0.3) is 0 Å². The van der Waals surface area contributed by atoms with Gasteiger partial charge < -0.3 is 5.73 Å². The maximum Gasteiger partial charge on any atom is 0.0945 e. The van der Waals surface area contributed by atoms with Gasteiger partial charge in [0.15, 0.2) is 0 Å². The molecule has 0 amide bonds. The number of nitrogens with zero attached hydrogens (tertiary/aromatic N) is 4. The Morgan fingerprint density at radius 1 is 1.06 bits per heavy atom. The first-order valence-electron chi connectivity index (χ1n) is 4.84. The lowest BCUT2D eigenvalue weighted by Crippen LogP contribution is -1.96. The van der Waals surface area contributed by atoms with Crippen molar-refractivity contribution in [3.63, 3.8) is 0 Å². The molecule has 3 rings (SSSR count). The van der Waals surface area contributed by atoms with Crippen molar-refractivity contribution in [1.82, 2.24) is 19.7 Å². The molecule has 78 valence electrons. The Balaban J connectivity index is 2.30. The predicted molar refractivity (Wildman–Crippen MR) is 61.1 cm³/mol. The fraction of sp³-hybridized carbons (Fsp3) is 0. The number of rotatable bonds is 1. The van der Waals surface area contributed by atoms with Gasteiger partial charge in [-0.05, 0) is 12.1 Å². The van der Waals surface area contributed by atoms with E-state index in [1.807, 2.05) is 12.1 Å². The number of nitrogen functional groups attached to an aromatic ring is 1. The Bertz CT molecular complexity index is 629. The molecular weight excluding hydrogens is 202 g/mol. The van der Waals surface area contributed by atoms with Crippen molar-refractivity contribution in [1.29, 1.82) is 0 Å². The molecular formula is C11H9N5. The zero-order chi connectivity index (χ0) is 11.0. The number of hydrogen-bond donors (Lipinski definition) is 1. The molecule has 3 aromatic rings. The molecule has 0 spiro atoms. The van der Waals surface area contributed by atoms with Gasteiger partial charge in [-0.1, -0.05) is 0 Å². The molecule has 0 saturated heterocycles. The third-order valence-corrected chi connectivity index (χ3v) is 2.42. The van der Waals surface area contributed by atoms with Gasteiger partial charge in [-0.2, -0.15) is 5.10 Å². The molecule has 0 aliphatic rings. The van der Waals surface area contributed by atoms with Crippen LogP contribution in [0.3, 0.4) is 0 Å². The average molecular weight is 211 g/mol. The molecule has 3 aromatic heterocycles. The summed E-state index contributed by atoms with van der Waals surface area (Å²) in [4.78, 5) is 8.12. The van der Waals surface area contributed by atoms with Crippen LogP contribution < -0.4 is 5.73 Å². The van der Waals surface area contributed by atoms with Gasteiger partial charge in [-0.15, -0.1) is 0 Å². The zero-order valence-electron chi connectivity index (χ0n) is 8.41. The highest BCUT2D eigenvalue weighted by Gasteiger charge is 2.06. The maximum absolute atomic E-state index is 5.82. The fourth-order valence-corrected chi connectivity index (χ4v) is 1.65. The van der Waals surface area contributed by atoms with E-state index in [0.29, 0.717) is 5.69 Å². The number of anilines is 1. The van der Waals surface area contributed by atoms with Crippen molar-refractivity contribution in [2.75, 3.05) is 5.73 Å². The van der Waals surface area contributed by atoms with E-state index >= 15 is 0 Å². The highest BCUT2D eigenvalue weighted by molar-refractivity contribution is 5.89. The van der Waals surface area contributed by atoms with Crippen molar-refractivity contribution >= 4 is 16.6 Å². The zero-order valence-corrected chi connectivity index (χ0v) is 8.41. The van der Waals surface area contributed by atoms with Crippen LogP contribution in [0.5, 0.6) is 0 Å². The Morgan fingerprint density at radius 3 is 2.81 bits per heavy atom. The molecule has 5 heteroatoms. The van der Waals surface area contributed by atoms with Crippen LogP contribution in [0.4, 0.5) is 5.69 Å². The predicted octanol–water partition coefficient (Wildman–Crippen LogP) is 1.40. The van der Waals surface area contributed by atoms with Gasteiger partial charge in [0.1, 0.15) is 0 Å². The third kappa shape index (κ3) is 1.22. The molecule has 0 fully saturated rings. The smallest absolute Gasteiger partial charge is 0.0945 e. The molecule has 16 heavy (non-hydrogen) atoms. The van der Waals surface area contributed by atoms with Gasteiger partial charge in [-0.3, -0.25) is 9.97 Å².